The normalized spacial score (nSPS) is 15.3. The molecule has 0 saturated heterocycles. The summed E-state index contributed by atoms with van der Waals surface area (Å²) in [6.07, 6.45) is 2.28. The number of carbonyl (C=O) groups is 4. The molecule has 1 heterocycles. The number of rotatable bonds is 7. The van der Waals surface area contributed by atoms with E-state index in [4.69, 9.17) is 9.84 Å². The Morgan fingerprint density at radius 1 is 1.15 bits per heavy atom. The first-order valence-corrected chi connectivity index (χ1v) is 10.7. The zero-order valence-corrected chi connectivity index (χ0v) is 19.5. The Hall–Kier alpha value is -4.14. The fourth-order valence-electron chi connectivity index (χ4n) is 3.83. The van der Waals surface area contributed by atoms with E-state index in [9.17, 15) is 19.2 Å². The highest BCUT2D eigenvalue weighted by atomic mass is 16.5. The van der Waals surface area contributed by atoms with E-state index in [1.807, 2.05) is 37.3 Å². The standard InChI is InChI=1S/C25H27N3O6/c1-15-7-5-6-8-18(15)19-13-17(34-4)14-20(16(19)2)28(25(33)26-11-9-22(30)31)23-21(29)10-12-27(3)24(23)32/h5-8,10,12-14,23H,9,11H2,1-4H3,(H,26,33)(H,30,31)/t23-/m0/s1. The zero-order chi connectivity index (χ0) is 25.0. The molecule has 2 N–H and O–H groups in total. The SMILES string of the molecule is COc1cc(-c2ccccc2C)c(C)c(N(C(=O)NCCC(=O)O)[C@H]2C(=O)C=CN(C)C2=O)c1. The van der Waals surface area contributed by atoms with Gasteiger partial charge in [-0.25, -0.2) is 4.79 Å². The van der Waals surface area contributed by atoms with Gasteiger partial charge < -0.3 is 20.1 Å². The molecule has 0 fully saturated rings. The van der Waals surface area contributed by atoms with Gasteiger partial charge in [-0.3, -0.25) is 19.3 Å². The number of carbonyl (C=O) groups excluding carboxylic acids is 3. The maximum atomic E-state index is 13.3. The minimum Gasteiger partial charge on any atom is -0.497 e. The topological polar surface area (TPSA) is 116 Å². The Labute approximate surface area is 197 Å². The fourth-order valence-corrected chi connectivity index (χ4v) is 3.83. The molecule has 0 spiro atoms. The number of carboxylic acids is 1. The summed E-state index contributed by atoms with van der Waals surface area (Å²) in [6.45, 7) is 3.59. The molecule has 0 unspecified atom stereocenters. The number of aliphatic carboxylic acids is 1. The van der Waals surface area contributed by atoms with Gasteiger partial charge in [-0.05, 0) is 42.2 Å². The second kappa shape index (κ2) is 10.2. The number of amides is 3. The first-order valence-electron chi connectivity index (χ1n) is 10.7. The van der Waals surface area contributed by atoms with E-state index in [2.05, 4.69) is 5.32 Å². The van der Waals surface area contributed by atoms with Gasteiger partial charge in [0.2, 0.25) is 0 Å². The summed E-state index contributed by atoms with van der Waals surface area (Å²) in [5, 5.41) is 11.5. The van der Waals surface area contributed by atoms with Crippen LogP contribution in [-0.4, -0.2) is 60.4 Å². The van der Waals surface area contributed by atoms with Crippen LogP contribution in [0.1, 0.15) is 17.5 Å². The van der Waals surface area contributed by atoms with Crippen LogP contribution in [0.15, 0.2) is 48.7 Å². The third kappa shape index (κ3) is 4.93. The molecule has 9 nitrogen and oxygen atoms in total. The lowest BCUT2D eigenvalue weighted by Gasteiger charge is -2.34. The number of hydrogen-bond donors (Lipinski definition) is 2. The maximum Gasteiger partial charge on any atom is 0.323 e. The second-order valence-corrected chi connectivity index (χ2v) is 7.95. The Morgan fingerprint density at radius 2 is 1.85 bits per heavy atom. The molecule has 2 aromatic carbocycles. The van der Waals surface area contributed by atoms with E-state index in [1.165, 1.54) is 31.3 Å². The van der Waals surface area contributed by atoms with Gasteiger partial charge in [0.25, 0.3) is 5.91 Å². The molecule has 0 aliphatic carbocycles. The van der Waals surface area contributed by atoms with Crippen molar-refractivity contribution in [2.24, 2.45) is 0 Å². The number of hydrogen-bond acceptors (Lipinski definition) is 5. The maximum absolute atomic E-state index is 13.3. The summed E-state index contributed by atoms with van der Waals surface area (Å²) in [7, 11) is 2.98. The highest BCUT2D eigenvalue weighted by Gasteiger charge is 2.40. The molecule has 34 heavy (non-hydrogen) atoms. The predicted molar refractivity (Wildman–Crippen MR) is 127 cm³/mol. The van der Waals surface area contributed by atoms with Crippen LogP contribution in [0.3, 0.4) is 0 Å². The molecule has 9 heteroatoms. The van der Waals surface area contributed by atoms with Gasteiger partial charge in [0, 0.05) is 31.9 Å². The van der Waals surface area contributed by atoms with Crippen LogP contribution in [0, 0.1) is 13.8 Å². The number of carboxylic acid groups (broad SMARTS) is 1. The van der Waals surface area contributed by atoms with Gasteiger partial charge in [0.05, 0.1) is 19.2 Å². The average Bonchev–Trinajstić information content (AvgIpc) is 2.80. The Kier molecular flexibility index (Phi) is 7.35. The largest absolute Gasteiger partial charge is 0.497 e. The first kappa shape index (κ1) is 24.5. The quantitative estimate of drug-likeness (QED) is 0.608. The van der Waals surface area contributed by atoms with Crippen LogP contribution in [-0.2, 0) is 14.4 Å². The highest BCUT2D eigenvalue weighted by Crippen LogP contribution is 2.38. The molecular formula is C25H27N3O6. The summed E-state index contributed by atoms with van der Waals surface area (Å²) in [6, 6.07) is 8.91. The Bertz CT molecular complexity index is 1170. The number of anilines is 1. The third-order valence-corrected chi connectivity index (χ3v) is 5.69. The van der Waals surface area contributed by atoms with Crippen LogP contribution in [0.25, 0.3) is 11.1 Å². The number of nitrogens with zero attached hydrogens (tertiary/aromatic N) is 2. The molecule has 1 atom stereocenters. The summed E-state index contributed by atoms with van der Waals surface area (Å²) in [5.74, 6) is -1.79. The van der Waals surface area contributed by atoms with Gasteiger partial charge in [0.1, 0.15) is 5.75 Å². The molecule has 3 amide bonds. The zero-order valence-electron chi connectivity index (χ0n) is 19.5. The lowest BCUT2D eigenvalue weighted by molar-refractivity contribution is -0.137. The lowest BCUT2D eigenvalue weighted by Crippen LogP contribution is -2.57. The lowest BCUT2D eigenvalue weighted by atomic mass is 9.94. The van der Waals surface area contributed by atoms with Crippen molar-refractivity contribution in [3.63, 3.8) is 0 Å². The molecule has 1 aliphatic rings. The number of likely N-dealkylation sites (N-methyl/N-ethyl adjacent to an activating group) is 1. The number of ether oxygens (including phenoxy) is 1. The van der Waals surface area contributed by atoms with Crippen molar-refractivity contribution in [2.75, 3.05) is 25.6 Å². The fraction of sp³-hybridized carbons (Fsp3) is 0.280. The van der Waals surface area contributed by atoms with Crippen LogP contribution in [0.5, 0.6) is 5.75 Å². The van der Waals surface area contributed by atoms with Gasteiger partial charge in [0.15, 0.2) is 11.8 Å². The molecule has 2 aromatic rings. The average molecular weight is 466 g/mol. The number of urea groups is 1. The van der Waals surface area contributed by atoms with E-state index in [-0.39, 0.29) is 13.0 Å². The smallest absolute Gasteiger partial charge is 0.323 e. The number of nitrogens with one attached hydrogen (secondary N) is 1. The minimum absolute atomic E-state index is 0.168. The number of ketones is 1. The summed E-state index contributed by atoms with van der Waals surface area (Å²) in [4.78, 5) is 52.4. The predicted octanol–water partition coefficient (Wildman–Crippen LogP) is 2.89. The van der Waals surface area contributed by atoms with Gasteiger partial charge in [-0.1, -0.05) is 24.3 Å². The molecule has 0 radical (unpaired) electrons. The van der Waals surface area contributed by atoms with Gasteiger partial charge >= 0.3 is 12.0 Å². The highest BCUT2D eigenvalue weighted by molar-refractivity contribution is 6.19. The Balaban J connectivity index is 2.20. The second-order valence-electron chi connectivity index (χ2n) is 7.95. The van der Waals surface area contributed by atoms with Crippen molar-refractivity contribution >= 4 is 29.4 Å². The van der Waals surface area contributed by atoms with Crippen molar-refractivity contribution in [2.45, 2.75) is 26.3 Å². The third-order valence-electron chi connectivity index (χ3n) is 5.69. The molecule has 0 saturated carbocycles. The summed E-state index contributed by atoms with van der Waals surface area (Å²) >= 11 is 0. The van der Waals surface area contributed by atoms with E-state index in [1.54, 1.807) is 13.0 Å². The van der Waals surface area contributed by atoms with Crippen LogP contribution in [0.4, 0.5) is 10.5 Å². The van der Waals surface area contributed by atoms with Crippen LogP contribution >= 0.6 is 0 Å². The van der Waals surface area contributed by atoms with E-state index >= 15 is 0 Å². The first-order chi connectivity index (χ1) is 16.1. The molecule has 1 aliphatic heterocycles. The minimum atomic E-state index is -1.45. The molecule has 178 valence electrons. The number of benzene rings is 2. The van der Waals surface area contributed by atoms with Crippen molar-refractivity contribution in [3.8, 4) is 16.9 Å². The summed E-state index contributed by atoms with van der Waals surface area (Å²) < 4.78 is 5.49. The van der Waals surface area contributed by atoms with Crippen molar-refractivity contribution < 1.29 is 29.0 Å². The van der Waals surface area contributed by atoms with E-state index < -0.39 is 29.7 Å². The number of methoxy groups -OCH3 is 1. The van der Waals surface area contributed by atoms with E-state index in [0.29, 0.717) is 17.0 Å². The van der Waals surface area contributed by atoms with Gasteiger partial charge in [-0.2, -0.15) is 0 Å². The van der Waals surface area contributed by atoms with E-state index in [0.717, 1.165) is 21.6 Å². The van der Waals surface area contributed by atoms with Gasteiger partial charge in [-0.15, -0.1) is 0 Å². The molecular weight excluding hydrogens is 438 g/mol. The van der Waals surface area contributed by atoms with Crippen LogP contribution < -0.4 is 15.0 Å². The monoisotopic (exact) mass is 465 g/mol. The van der Waals surface area contributed by atoms with Crippen molar-refractivity contribution in [1.82, 2.24) is 10.2 Å². The summed E-state index contributed by atoms with van der Waals surface area (Å²) in [5.41, 5.74) is 3.64. The molecule has 0 bridgehead atoms. The molecule has 3 rings (SSSR count). The number of aryl methyl sites for hydroxylation is 1. The Morgan fingerprint density at radius 3 is 2.50 bits per heavy atom. The van der Waals surface area contributed by atoms with Crippen LogP contribution in [0.2, 0.25) is 0 Å². The van der Waals surface area contributed by atoms with Crippen molar-refractivity contribution in [1.29, 1.82) is 0 Å². The molecule has 0 aromatic heterocycles. The van der Waals surface area contributed by atoms with Crippen molar-refractivity contribution in [3.05, 3.63) is 59.8 Å².